The molecule has 0 bridgehead atoms. The highest BCUT2D eigenvalue weighted by atomic mass is 35.5. The van der Waals surface area contributed by atoms with Crippen LogP contribution in [0, 0.1) is 0 Å². The number of methoxy groups -OCH3 is 1. The van der Waals surface area contributed by atoms with Crippen LogP contribution in [0.15, 0.2) is 46.2 Å². The van der Waals surface area contributed by atoms with Crippen LogP contribution in [-0.2, 0) is 10.5 Å². The van der Waals surface area contributed by atoms with Crippen LogP contribution >= 0.6 is 35.0 Å². The summed E-state index contributed by atoms with van der Waals surface area (Å²) in [5.74, 6) is 0.625. The number of halogens is 2. The third-order valence-corrected chi connectivity index (χ3v) is 5.82. The van der Waals surface area contributed by atoms with Crippen LogP contribution in [0.25, 0.3) is 10.9 Å². The summed E-state index contributed by atoms with van der Waals surface area (Å²) in [4.78, 5) is 28.5. The number of hydrogen-bond donors (Lipinski definition) is 1. The topological polar surface area (TPSA) is 68.4 Å². The fourth-order valence-electron chi connectivity index (χ4n) is 2.63. The third-order valence-electron chi connectivity index (χ3n) is 4.03. The molecule has 0 aliphatic carbocycles. The van der Waals surface area contributed by atoms with E-state index in [4.69, 9.17) is 32.7 Å². The van der Waals surface area contributed by atoms with Crippen LogP contribution < -0.4 is 10.2 Å². The Kier molecular flexibility index (Phi) is 6.54. The Balaban J connectivity index is 2.04. The Labute approximate surface area is 175 Å². The van der Waals surface area contributed by atoms with Crippen molar-refractivity contribution in [2.24, 2.45) is 0 Å². The van der Waals surface area contributed by atoms with Gasteiger partial charge in [-0.15, -0.1) is 11.8 Å². The van der Waals surface area contributed by atoms with E-state index in [1.807, 2.05) is 24.3 Å². The molecule has 0 radical (unpaired) electrons. The Morgan fingerprint density at radius 3 is 2.46 bits per heavy atom. The summed E-state index contributed by atoms with van der Waals surface area (Å²) in [5.41, 5.74) is 1.04. The third kappa shape index (κ3) is 4.29. The van der Waals surface area contributed by atoms with E-state index in [-0.39, 0.29) is 22.6 Å². The van der Waals surface area contributed by atoms with Crippen molar-refractivity contribution in [3.8, 4) is 5.75 Å². The van der Waals surface area contributed by atoms with Gasteiger partial charge in [0.05, 0.1) is 34.3 Å². The number of benzene rings is 2. The maximum Gasteiger partial charge on any atom is 0.344 e. The lowest BCUT2D eigenvalue weighted by atomic mass is 10.1. The SMILES string of the molecule is CCOC(=O)c1c(SCc2ccc(OC)cc2)[nH]c2cc(Cl)c(Cl)cc2c1=O. The summed E-state index contributed by atoms with van der Waals surface area (Å²) in [7, 11) is 1.60. The second-order valence-electron chi connectivity index (χ2n) is 5.83. The van der Waals surface area contributed by atoms with E-state index in [1.165, 1.54) is 17.8 Å². The molecule has 2 aromatic carbocycles. The van der Waals surface area contributed by atoms with Crippen molar-refractivity contribution >= 4 is 51.8 Å². The number of fused-ring (bicyclic) bond motifs is 1. The van der Waals surface area contributed by atoms with Gasteiger partial charge in [-0.1, -0.05) is 35.3 Å². The van der Waals surface area contributed by atoms with E-state index in [0.717, 1.165) is 11.3 Å². The van der Waals surface area contributed by atoms with Crippen LogP contribution in [0.2, 0.25) is 10.0 Å². The van der Waals surface area contributed by atoms with Gasteiger partial charge in [-0.25, -0.2) is 4.79 Å². The van der Waals surface area contributed by atoms with Gasteiger partial charge < -0.3 is 14.5 Å². The van der Waals surface area contributed by atoms with Crippen LogP contribution in [0.3, 0.4) is 0 Å². The van der Waals surface area contributed by atoms with Gasteiger partial charge in [0.15, 0.2) is 0 Å². The van der Waals surface area contributed by atoms with Crippen molar-refractivity contribution in [2.45, 2.75) is 17.7 Å². The van der Waals surface area contributed by atoms with Gasteiger partial charge in [0.2, 0.25) is 5.43 Å². The van der Waals surface area contributed by atoms with Gasteiger partial charge in [-0.3, -0.25) is 4.79 Å². The molecular formula is C20H17Cl2NO4S. The fourth-order valence-corrected chi connectivity index (χ4v) is 3.97. The monoisotopic (exact) mass is 437 g/mol. The van der Waals surface area contributed by atoms with Gasteiger partial charge in [-0.2, -0.15) is 0 Å². The molecule has 1 heterocycles. The zero-order valence-corrected chi connectivity index (χ0v) is 17.5. The molecule has 3 aromatic rings. The molecule has 28 heavy (non-hydrogen) atoms. The van der Waals surface area contributed by atoms with E-state index < -0.39 is 11.4 Å². The zero-order chi connectivity index (χ0) is 20.3. The second-order valence-corrected chi connectivity index (χ2v) is 7.63. The van der Waals surface area contributed by atoms with E-state index in [2.05, 4.69) is 4.98 Å². The number of pyridine rings is 1. The average Bonchev–Trinajstić information content (AvgIpc) is 2.68. The quantitative estimate of drug-likeness (QED) is 0.417. The van der Waals surface area contributed by atoms with E-state index in [0.29, 0.717) is 21.3 Å². The van der Waals surface area contributed by atoms with Gasteiger partial charge in [-0.05, 0) is 36.8 Å². The largest absolute Gasteiger partial charge is 0.497 e. The number of ether oxygens (including phenoxy) is 2. The molecule has 146 valence electrons. The highest BCUT2D eigenvalue weighted by Gasteiger charge is 2.21. The number of aromatic amines is 1. The number of nitrogens with one attached hydrogen (secondary N) is 1. The van der Waals surface area contributed by atoms with E-state index in [9.17, 15) is 9.59 Å². The molecule has 8 heteroatoms. The van der Waals surface area contributed by atoms with Crippen LogP contribution in [-0.4, -0.2) is 24.7 Å². The Morgan fingerprint density at radius 2 is 1.82 bits per heavy atom. The van der Waals surface area contributed by atoms with Gasteiger partial charge in [0, 0.05) is 11.1 Å². The lowest BCUT2D eigenvalue weighted by Crippen LogP contribution is -2.20. The van der Waals surface area contributed by atoms with E-state index in [1.54, 1.807) is 20.1 Å². The lowest BCUT2D eigenvalue weighted by molar-refractivity contribution is 0.0520. The van der Waals surface area contributed by atoms with Crippen molar-refractivity contribution in [1.29, 1.82) is 0 Å². The van der Waals surface area contributed by atoms with Crippen LogP contribution in [0.4, 0.5) is 0 Å². The molecular weight excluding hydrogens is 421 g/mol. The summed E-state index contributed by atoms with van der Waals surface area (Å²) >= 11 is 13.5. The highest BCUT2D eigenvalue weighted by Crippen LogP contribution is 2.30. The molecule has 0 aliphatic rings. The maximum absolute atomic E-state index is 13.0. The highest BCUT2D eigenvalue weighted by molar-refractivity contribution is 7.98. The van der Waals surface area contributed by atoms with Crippen LogP contribution in [0.1, 0.15) is 22.8 Å². The summed E-state index contributed by atoms with van der Waals surface area (Å²) in [5, 5.41) is 1.27. The lowest BCUT2D eigenvalue weighted by Gasteiger charge is -2.11. The number of aromatic nitrogens is 1. The smallest absolute Gasteiger partial charge is 0.344 e. The van der Waals surface area contributed by atoms with Crippen LogP contribution in [0.5, 0.6) is 5.75 Å². The average molecular weight is 438 g/mol. The number of thioether (sulfide) groups is 1. The predicted octanol–water partition coefficient (Wildman–Crippen LogP) is 5.31. The molecule has 0 saturated heterocycles. The first-order valence-electron chi connectivity index (χ1n) is 8.42. The number of H-pyrrole nitrogens is 1. The Hall–Kier alpha value is -2.15. The molecule has 0 amide bonds. The zero-order valence-electron chi connectivity index (χ0n) is 15.2. The molecule has 1 N–H and O–H groups in total. The second kappa shape index (κ2) is 8.90. The van der Waals surface area contributed by atoms with Crippen molar-refractivity contribution in [1.82, 2.24) is 4.98 Å². The van der Waals surface area contributed by atoms with Gasteiger partial charge in [0.1, 0.15) is 11.3 Å². The minimum Gasteiger partial charge on any atom is -0.497 e. The molecule has 0 unspecified atom stereocenters. The Morgan fingerprint density at radius 1 is 1.14 bits per heavy atom. The van der Waals surface area contributed by atoms with Crippen molar-refractivity contribution < 1.29 is 14.3 Å². The predicted molar refractivity (Wildman–Crippen MR) is 113 cm³/mol. The summed E-state index contributed by atoms with van der Waals surface area (Å²) < 4.78 is 10.2. The number of carbonyl (C=O) groups excluding carboxylic acids is 1. The molecule has 3 rings (SSSR count). The molecule has 0 spiro atoms. The first-order chi connectivity index (χ1) is 13.4. The first kappa shape index (κ1) is 20.6. The molecule has 0 fully saturated rings. The first-order valence-corrected chi connectivity index (χ1v) is 10.2. The van der Waals surface area contributed by atoms with Crippen molar-refractivity contribution in [3.63, 3.8) is 0 Å². The Bertz CT molecular complexity index is 1080. The van der Waals surface area contributed by atoms with Crippen molar-refractivity contribution in [2.75, 3.05) is 13.7 Å². The van der Waals surface area contributed by atoms with Crippen molar-refractivity contribution in [3.05, 3.63) is 67.8 Å². The van der Waals surface area contributed by atoms with Gasteiger partial charge >= 0.3 is 5.97 Å². The van der Waals surface area contributed by atoms with Gasteiger partial charge in [0.25, 0.3) is 0 Å². The minimum atomic E-state index is -0.672. The molecule has 0 saturated carbocycles. The minimum absolute atomic E-state index is 0.0359. The summed E-state index contributed by atoms with van der Waals surface area (Å²) in [6.07, 6.45) is 0. The fraction of sp³-hybridized carbons (Fsp3) is 0.200. The molecule has 5 nitrogen and oxygen atoms in total. The normalized spacial score (nSPS) is 10.9. The summed E-state index contributed by atoms with van der Waals surface area (Å²) in [6, 6.07) is 10.6. The summed E-state index contributed by atoms with van der Waals surface area (Å²) in [6.45, 7) is 1.86. The molecule has 1 aromatic heterocycles. The van der Waals surface area contributed by atoms with E-state index >= 15 is 0 Å². The standard InChI is InChI=1S/C20H17Cl2NO4S/c1-3-27-20(25)17-18(24)13-8-14(21)15(22)9-16(13)23-19(17)28-10-11-4-6-12(26-2)7-5-11/h4-9H,3,10H2,1-2H3,(H,23,24). The molecule has 0 atom stereocenters. The number of carbonyl (C=O) groups is 1. The maximum atomic E-state index is 13.0. The number of esters is 1. The number of rotatable bonds is 6. The number of hydrogen-bond acceptors (Lipinski definition) is 5. The molecule has 0 aliphatic heterocycles.